The number of allylic oxidation sites excluding steroid dienone is 2. The van der Waals surface area contributed by atoms with Crippen molar-refractivity contribution in [2.45, 2.75) is 26.7 Å². The van der Waals surface area contributed by atoms with Crippen LogP contribution in [0.4, 0.5) is 0 Å². The van der Waals surface area contributed by atoms with E-state index in [9.17, 15) is 0 Å². The van der Waals surface area contributed by atoms with E-state index < -0.39 is 0 Å². The molecule has 0 aliphatic heterocycles. The number of hydrogen-bond donors (Lipinski definition) is 0. The number of pyridine rings is 1. The van der Waals surface area contributed by atoms with Crippen LogP contribution in [0.3, 0.4) is 0 Å². The minimum Gasteiger partial charge on any atom is -0.495 e. The number of nitrogens with zero attached hydrogens (tertiary/aromatic N) is 1. The minimum absolute atomic E-state index is 0.833. The van der Waals surface area contributed by atoms with E-state index in [2.05, 4.69) is 24.9 Å². The van der Waals surface area contributed by atoms with Crippen LogP contribution < -0.4 is 4.74 Å². The van der Waals surface area contributed by atoms with Crippen LogP contribution in [-0.4, -0.2) is 12.1 Å². The molecule has 76 valence electrons. The molecule has 0 aromatic carbocycles. The van der Waals surface area contributed by atoms with Gasteiger partial charge in [0.05, 0.1) is 13.3 Å². The Morgan fingerprint density at radius 1 is 1.43 bits per heavy atom. The summed E-state index contributed by atoms with van der Waals surface area (Å²) in [5.74, 6) is 0.833. The van der Waals surface area contributed by atoms with Crippen molar-refractivity contribution in [2.24, 2.45) is 0 Å². The quantitative estimate of drug-likeness (QED) is 0.682. The van der Waals surface area contributed by atoms with Crippen LogP contribution in [0.15, 0.2) is 30.1 Å². The molecule has 1 aromatic rings. The topological polar surface area (TPSA) is 22.1 Å². The summed E-state index contributed by atoms with van der Waals surface area (Å²) < 4.78 is 5.10. The SMILES string of the molecule is COc1cncc(CCC=C(C)C)c1. The fourth-order valence-electron chi connectivity index (χ4n) is 1.24. The van der Waals surface area contributed by atoms with Crippen LogP contribution in [0.5, 0.6) is 5.75 Å². The first-order valence-electron chi connectivity index (χ1n) is 4.83. The first kappa shape index (κ1) is 10.8. The lowest BCUT2D eigenvalue weighted by Gasteiger charge is -2.01. The predicted octanol–water partition coefficient (Wildman–Crippen LogP) is 2.99. The van der Waals surface area contributed by atoms with Crippen molar-refractivity contribution in [3.8, 4) is 5.75 Å². The molecule has 2 heteroatoms. The molecule has 0 fully saturated rings. The van der Waals surface area contributed by atoms with Gasteiger partial charge in [0.25, 0.3) is 0 Å². The molecule has 0 spiro atoms. The Labute approximate surface area is 85.6 Å². The van der Waals surface area contributed by atoms with Crippen molar-refractivity contribution in [3.05, 3.63) is 35.7 Å². The van der Waals surface area contributed by atoms with Crippen LogP contribution in [0.2, 0.25) is 0 Å². The van der Waals surface area contributed by atoms with E-state index in [-0.39, 0.29) is 0 Å². The van der Waals surface area contributed by atoms with E-state index in [4.69, 9.17) is 4.74 Å². The molecule has 0 saturated carbocycles. The lowest BCUT2D eigenvalue weighted by molar-refractivity contribution is 0.412. The summed E-state index contributed by atoms with van der Waals surface area (Å²) in [6.07, 6.45) is 7.94. The standard InChI is InChI=1S/C12H17NO/c1-10(2)5-4-6-11-7-12(14-3)9-13-8-11/h5,7-9H,4,6H2,1-3H3. The van der Waals surface area contributed by atoms with Gasteiger partial charge in [0.1, 0.15) is 5.75 Å². The van der Waals surface area contributed by atoms with E-state index in [0.717, 1.165) is 18.6 Å². The monoisotopic (exact) mass is 191 g/mol. The van der Waals surface area contributed by atoms with Gasteiger partial charge in [0.15, 0.2) is 0 Å². The highest BCUT2D eigenvalue weighted by atomic mass is 16.5. The molecule has 14 heavy (non-hydrogen) atoms. The van der Waals surface area contributed by atoms with E-state index in [1.807, 2.05) is 12.3 Å². The highest BCUT2D eigenvalue weighted by molar-refractivity contribution is 5.23. The normalized spacial score (nSPS) is 9.64. The second-order valence-electron chi connectivity index (χ2n) is 3.55. The number of hydrogen-bond acceptors (Lipinski definition) is 2. The van der Waals surface area contributed by atoms with Gasteiger partial charge in [-0.15, -0.1) is 0 Å². The van der Waals surface area contributed by atoms with Gasteiger partial charge in [-0.2, -0.15) is 0 Å². The molecule has 0 unspecified atom stereocenters. The number of rotatable bonds is 4. The van der Waals surface area contributed by atoms with Gasteiger partial charge >= 0.3 is 0 Å². The van der Waals surface area contributed by atoms with Crippen molar-refractivity contribution in [3.63, 3.8) is 0 Å². The smallest absolute Gasteiger partial charge is 0.137 e. The van der Waals surface area contributed by atoms with Crippen molar-refractivity contribution in [2.75, 3.05) is 7.11 Å². The average Bonchev–Trinajstić information content (AvgIpc) is 2.18. The van der Waals surface area contributed by atoms with Gasteiger partial charge in [0.2, 0.25) is 0 Å². The number of aryl methyl sites for hydroxylation is 1. The highest BCUT2D eigenvalue weighted by Crippen LogP contribution is 2.12. The predicted molar refractivity (Wildman–Crippen MR) is 58.5 cm³/mol. The first-order valence-corrected chi connectivity index (χ1v) is 4.83. The Kier molecular flexibility index (Phi) is 4.17. The zero-order valence-corrected chi connectivity index (χ0v) is 9.08. The van der Waals surface area contributed by atoms with Crippen LogP contribution in [0, 0.1) is 0 Å². The Morgan fingerprint density at radius 3 is 2.86 bits per heavy atom. The summed E-state index contributed by atoms with van der Waals surface area (Å²) in [5, 5.41) is 0. The van der Waals surface area contributed by atoms with E-state index in [1.54, 1.807) is 13.3 Å². The summed E-state index contributed by atoms with van der Waals surface area (Å²) in [7, 11) is 1.66. The van der Waals surface area contributed by atoms with Crippen LogP contribution >= 0.6 is 0 Å². The second kappa shape index (κ2) is 5.43. The van der Waals surface area contributed by atoms with Crippen LogP contribution in [-0.2, 0) is 6.42 Å². The molecular weight excluding hydrogens is 174 g/mol. The summed E-state index contributed by atoms with van der Waals surface area (Å²) in [6.45, 7) is 4.23. The molecule has 0 N–H and O–H groups in total. The van der Waals surface area contributed by atoms with Gasteiger partial charge in [0, 0.05) is 6.20 Å². The largest absolute Gasteiger partial charge is 0.495 e. The third-order valence-electron chi connectivity index (χ3n) is 1.99. The molecule has 0 amide bonds. The van der Waals surface area contributed by atoms with Crippen molar-refractivity contribution in [1.29, 1.82) is 0 Å². The molecule has 0 aliphatic carbocycles. The Morgan fingerprint density at radius 2 is 2.21 bits per heavy atom. The maximum atomic E-state index is 5.10. The highest BCUT2D eigenvalue weighted by Gasteiger charge is 1.95. The lowest BCUT2D eigenvalue weighted by atomic mass is 10.1. The maximum absolute atomic E-state index is 5.10. The summed E-state index contributed by atoms with van der Waals surface area (Å²) in [6, 6.07) is 2.03. The third kappa shape index (κ3) is 3.60. The molecule has 0 saturated heterocycles. The van der Waals surface area contributed by atoms with Gasteiger partial charge in [-0.25, -0.2) is 0 Å². The van der Waals surface area contributed by atoms with Crippen molar-refractivity contribution < 1.29 is 4.74 Å². The van der Waals surface area contributed by atoms with E-state index >= 15 is 0 Å². The first-order chi connectivity index (χ1) is 6.72. The van der Waals surface area contributed by atoms with Gasteiger partial charge in [-0.3, -0.25) is 4.98 Å². The molecule has 0 atom stereocenters. The van der Waals surface area contributed by atoms with Crippen molar-refractivity contribution in [1.82, 2.24) is 4.98 Å². The third-order valence-corrected chi connectivity index (χ3v) is 1.99. The summed E-state index contributed by atoms with van der Waals surface area (Å²) in [5.41, 5.74) is 2.59. The van der Waals surface area contributed by atoms with Gasteiger partial charge in [-0.05, 0) is 38.3 Å². The Hall–Kier alpha value is -1.31. The molecule has 1 rings (SSSR count). The van der Waals surface area contributed by atoms with Gasteiger partial charge < -0.3 is 4.74 Å². The number of methoxy groups -OCH3 is 1. The molecule has 2 nitrogen and oxygen atoms in total. The van der Waals surface area contributed by atoms with Gasteiger partial charge in [-0.1, -0.05) is 11.6 Å². The average molecular weight is 191 g/mol. The number of aromatic nitrogens is 1. The van der Waals surface area contributed by atoms with Crippen LogP contribution in [0.25, 0.3) is 0 Å². The number of ether oxygens (including phenoxy) is 1. The summed E-state index contributed by atoms with van der Waals surface area (Å²) in [4.78, 5) is 4.11. The fraction of sp³-hybridized carbons (Fsp3) is 0.417. The fourth-order valence-corrected chi connectivity index (χ4v) is 1.24. The zero-order chi connectivity index (χ0) is 10.4. The summed E-state index contributed by atoms with van der Waals surface area (Å²) >= 11 is 0. The molecule has 0 bridgehead atoms. The minimum atomic E-state index is 0.833. The molecule has 0 radical (unpaired) electrons. The lowest BCUT2D eigenvalue weighted by Crippen LogP contribution is -1.89. The Balaban J connectivity index is 2.54. The second-order valence-corrected chi connectivity index (χ2v) is 3.55. The van der Waals surface area contributed by atoms with E-state index in [1.165, 1.54) is 11.1 Å². The van der Waals surface area contributed by atoms with Crippen molar-refractivity contribution >= 4 is 0 Å². The Bertz CT molecular complexity index is 314. The zero-order valence-electron chi connectivity index (χ0n) is 9.08. The molecule has 1 heterocycles. The molecule has 1 aromatic heterocycles. The molecule has 0 aliphatic rings. The molecular formula is C12H17NO. The van der Waals surface area contributed by atoms with E-state index in [0.29, 0.717) is 0 Å². The maximum Gasteiger partial charge on any atom is 0.137 e. The van der Waals surface area contributed by atoms with Crippen LogP contribution in [0.1, 0.15) is 25.8 Å².